The third-order valence-electron chi connectivity index (χ3n) is 15.0. The lowest BCUT2D eigenvalue weighted by molar-refractivity contribution is -0.143. The number of rotatable bonds is 60. The van der Waals surface area contributed by atoms with E-state index in [4.69, 9.17) is 4.74 Å². The summed E-state index contributed by atoms with van der Waals surface area (Å²) in [4.78, 5) is 24.5. The maximum absolute atomic E-state index is 12.4. The number of nitrogens with one attached hydrogen (secondary N) is 1. The molecule has 0 fully saturated rings. The quantitative estimate of drug-likeness (QED) is 0.0320. The second-order valence-electron chi connectivity index (χ2n) is 22.1. The lowest BCUT2D eigenvalue weighted by Crippen LogP contribution is -2.45. The van der Waals surface area contributed by atoms with Gasteiger partial charge < -0.3 is 20.3 Å². The van der Waals surface area contributed by atoms with Crippen LogP contribution < -0.4 is 5.32 Å². The summed E-state index contributed by atoms with van der Waals surface area (Å²) in [5, 5.41) is 23.1. The van der Waals surface area contributed by atoms with Crippen molar-refractivity contribution in [2.45, 2.75) is 366 Å². The van der Waals surface area contributed by atoms with Crippen molar-refractivity contribution in [3.63, 3.8) is 0 Å². The van der Waals surface area contributed by atoms with Crippen LogP contribution >= 0.6 is 0 Å². The zero-order valence-electron chi connectivity index (χ0n) is 48.0. The SMILES string of the molecule is CCCCC/C=C\C/C=C\CCCCCCCC(=O)OCCCCCCCCCCCCCCCCCCCCCCCCCCCCCCCCC(=O)NC(CO)C(O)CCCCCCCCCCC. The van der Waals surface area contributed by atoms with Crippen LogP contribution in [0, 0.1) is 0 Å². The van der Waals surface area contributed by atoms with E-state index in [1.54, 1.807) is 0 Å². The highest BCUT2D eigenvalue weighted by Gasteiger charge is 2.20. The van der Waals surface area contributed by atoms with Crippen molar-refractivity contribution in [3.8, 4) is 0 Å². The first-order valence-electron chi connectivity index (χ1n) is 32.1. The molecule has 0 heterocycles. The maximum atomic E-state index is 12.4. The topological polar surface area (TPSA) is 95.9 Å². The Hall–Kier alpha value is -1.66. The second-order valence-corrected chi connectivity index (χ2v) is 22.1. The standard InChI is InChI=1S/C65H125NO5/c1-3-5-7-9-11-13-14-15-32-36-39-43-47-51-55-59-65(70)71-60-56-52-48-44-40-37-34-31-29-27-25-23-21-19-17-16-18-20-22-24-26-28-30-33-35-38-42-46-50-54-58-64(69)66-62(61-67)63(68)57-53-49-45-41-12-10-8-6-4-2/h11,13,15,32,62-63,67-68H,3-10,12,14,16-31,33-61H2,1-2H3,(H,66,69)/b13-11-,32-15-. The minimum absolute atomic E-state index is 0.00621. The first-order valence-corrected chi connectivity index (χ1v) is 32.1. The fourth-order valence-electron chi connectivity index (χ4n) is 10.1. The number of amides is 1. The Morgan fingerprint density at radius 2 is 0.704 bits per heavy atom. The molecule has 6 nitrogen and oxygen atoms in total. The lowest BCUT2D eigenvalue weighted by Gasteiger charge is -2.22. The predicted octanol–water partition coefficient (Wildman–Crippen LogP) is 20.2. The molecule has 0 aromatic heterocycles. The first kappa shape index (κ1) is 69.3. The zero-order chi connectivity index (χ0) is 51.4. The summed E-state index contributed by atoms with van der Waals surface area (Å²) in [6.45, 7) is 4.92. The Morgan fingerprint density at radius 3 is 1.10 bits per heavy atom. The number of allylic oxidation sites excluding steroid dienone is 4. The number of ether oxygens (including phenoxy) is 1. The van der Waals surface area contributed by atoms with E-state index in [1.807, 2.05) is 0 Å². The van der Waals surface area contributed by atoms with E-state index >= 15 is 0 Å². The summed E-state index contributed by atoms with van der Waals surface area (Å²) in [6.07, 6.45) is 75.1. The van der Waals surface area contributed by atoms with Gasteiger partial charge in [0.25, 0.3) is 0 Å². The van der Waals surface area contributed by atoms with Crippen molar-refractivity contribution in [2.24, 2.45) is 0 Å². The molecule has 0 aliphatic carbocycles. The van der Waals surface area contributed by atoms with Crippen molar-refractivity contribution in [3.05, 3.63) is 24.3 Å². The van der Waals surface area contributed by atoms with Gasteiger partial charge in [-0.05, 0) is 57.8 Å². The minimum Gasteiger partial charge on any atom is -0.466 e. The van der Waals surface area contributed by atoms with Crippen LogP contribution in [0.15, 0.2) is 24.3 Å². The van der Waals surface area contributed by atoms with E-state index in [2.05, 4.69) is 43.5 Å². The largest absolute Gasteiger partial charge is 0.466 e. The van der Waals surface area contributed by atoms with Gasteiger partial charge in [0.05, 0.1) is 25.4 Å². The minimum atomic E-state index is -0.659. The fraction of sp³-hybridized carbons (Fsp3) is 0.908. The third-order valence-corrected chi connectivity index (χ3v) is 15.0. The Balaban J connectivity index is 3.30. The number of aliphatic hydroxyl groups excluding tert-OH is 2. The highest BCUT2D eigenvalue weighted by atomic mass is 16.5. The molecule has 0 spiro atoms. The van der Waals surface area contributed by atoms with Gasteiger partial charge in [-0.3, -0.25) is 9.59 Å². The van der Waals surface area contributed by atoms with Crippen LogP contribution in [0.4, 0.5) is 0 Å². The molecule has 0 aromatic rings. The van der Waals surface area contributed by atoms with Gasteiger partial charge in [-0.15, -0.1) is 0 Å². The van der Waals surface area contributed by atoms with Crippen molar-refractivity contribution in [2.75, 3.05) is 13.2 Å². The number of carbonyl (C=O) groups excluding carboxylic acids is 2. The molecule has 0 saturated heterocycles. The molecule has 0 radical (unpaired) electrons. The normalized spacial score (nSPS) is 12.7. The second kappa shape index (κ2) is 60.9. The number of hydrogen-bond acceptors (Lipinski definition) is 5. The molecule has 0 rings (SSSR count). The van der Waals surface area contributed by atoms with Crippen LogP contribution in [0.3, 0.4) is 0 Å². The monoisotopic (exact) mass is 1000 g/mol. The van der Waals surface area contributed by atoms with Crippen LogP contribution in [0.2, 0.25) is 0 Å². The number of unbranched alkanes of at least 4 members (excludes halogenated alkanes) is 45. The predicted molar refractivity (Wildman–Crippen MR) is 310 cm³/mol. The van der Waals surface area contributed by atoms with Crippen molar-refractivity contribution >= 4 is 11.9 Å². The molecule has 6 heteroatoms. The molecule has 3 N–H and O–H groups in total. The molecule has 2 unspecified atom stereocenters. The summed E-state index contributed by atoms with van der Waals surface area (Å²) in [5.41, 5.74) is 0. The molecule has 420 valence electrons. The highest BCUT2D eigenvalue weighted by molar-refractivity contribution is 5.76. The van der Waals surface area contributed by atoms with Gasteiger partial charge in [-0.25, -0.2) is 0 Å². The fourth-order valence-corrected chi connectivity index (χ4v) is 10.1. The van der Waals surface area contributed by atoms with E-state index in [1.165, 1.54) is 270 Å². The molecule has 71 heavy (non-hydrogen) atoms. The average molecular weight is 1000 g/mol. The number of carbonyl (C=O) groups is 2. The molecule has 1 amide bonds. The smallest absolute Gasteiger partial charge is 0.305 e. The van der Waals surface area contributed by atoms with Crippen LogP contribution in [-0.4, -0.2) is 47.4 Å². The van der Waals surface area contributed by atoms with Gasteiger partial charge in [-0.2, -0.15) is 0 Å². The third kappa shape index (κ3) is 57.5. The summed E-state index contributed by atoms with van der Waals surface area (Å²) in [6, 6.07) is -0.536. The summed E-state index contributed by atoms with van der Waals surface area (Å²) in [5.74, 6) is -0.0261. The zero-order valence-corrected chi connectivity index (χ0v) is 48.0. The Kier molecular flexibility index (Phi) is 59.5. The number of aliphatic hydroxyl groups is 2. The van der Waals surface area contributed by atoms with Crippen LogP contribution in [0.1, 0.15) is 354 Å². The Labute approximate surface area is 443 Å². The van der Waals surface area contributed by atoms with E-state index in [0.29, 0.717) is 25.9 Å². The molecule has 0 aromatic carbocycles. The van der Waals surface area contributed by atoms with Crippen LogP contribution in [0.5, 0.6) is 0 Å². The van der Waals surface area contributed by atoms with Gasteiger partial charge in [-0.1, -0.05) is 308 Å². The molecule has 0 aliphatic rings. The van der Waals surface area contributed by atoms with E-state index in [9.17, 15) is 19.8 Å². The van der Waals surface area contributed by atoms with Crippen LogP contribution in [-0.2, 0) is 14.3 Å². The molecule has 0 aliphatic heterocycles. The summed E-state index contributed by atoms with van der Waals surface area (Å²) < 4.78 is 5.48. The van der Waals surface area contributed by atoms with Gasteiger partial charge in [0, 0.05) is 12.8 Å². The lowest BCUT2D eigenvalue weighted by atomic mass is 10.0. The van der Waals surface area contributed by atoms with E-state index < -0.39 is 12.1 Å². The van der Waals surface area contributed by atoms with Crippen LogP contribution in [0.25, 0.3) is 0 Å². The number of esters is 1. The van der Waals surface area contributed by atoms with Gasteiger partial charge in [0.15, 0.2) is 0 Å². The summed E-state index contributed by atoms with van der Waals surface area (Å²) in [7, 11) is 0. The Bertz CT molecular complexity index is 1110. The average Bonchev–Trinajstić information content (AvgIpc) is 3.37. The van der Waals surface area contributed by atoms with Gasteiger partial charge in [0.1, 0.15) is 0 Å². The summed E-state index contributed by atoms with van der Waals surface area (Å²) >= 11 is 0. The van der Waals surface area contributed by atoms with E-state index in [-0.39, 0.29) is 18.5 Å². The molecular weight excluding hydrogens is 875 g/mol. The number of hydrogen-bond donors (Lipinski definition) is 3. The van der Waals surface area contributed by atoms with Crippen molar-refractivity contribution in [1.82, 2.24) is 5.32 Å². The maximum Gasteiger partial charge on any atom is 0.305 e. The highest BCUT2D eigenvalue weighted by Crippen LogP contribution is 2.18. The molecule has 0 bridgehead atoms. The van der Waals surface area contributed by atoms with Crippen molar-refractivity contribution < 1.29 is 24.5 Å². The van der Waals surface area contributed by atoms with Gasteiger partial charge >= 0.3 is 5.97 Å². The molecule has 2 atom stereocenters. The molecular formula is C65H125NO5. The molecule has 0 saturated carbocycles. The van der Waals surface area contributed by atoms with E-state index in [0.717, 1.165) is 51.4 Å². The van der Waals surface area contributed by atoms with Crippen molar-refractivity contribution in [1.29, 1.82) is 0 Å². The first-order chi connectivity index (χ1) is 35.0. The van der Waals surface area contributed by atoms with Gasteiger partial charge in [0.2, 0.25) is 5.91 Å². The Morgan fingerprint density at radius 1 is 0.394 bits per heavy atom.